The van der Waals surface area contributed by atoms with Crippen molar-refractivity contribution < 1.29 is 58.2 Å². The van der Waals surface area contributed by atoms with E-state index in [-0.39, 0.29) is 55.4 Å². The van der Waals surface area contributed by atoms with Crippen molar-refractivity contribution in [3.8, 4) is 0 Å². The number of fused-ring (bicyclic) bond motifs is 4. The quantitative estimate of drug-likeness (QED) is 0.198. The minimum absolute atomic E-state index is 0.00348. The van der Waals surface area contributed by atoms with Crippen molar-refractivity contribution in [1.29, 1.82) is 0 Å². The summed E-state index contributed by atoms with van der Waals surface area (Å²) in [5, 5.41) is 33.9. The van der Waals surface area contributed by atoms with Gasteiger partial charge >= 0.3 is 5.97 Å². The zero-order chi connectivity index (χ0) is 41.8. The molecule has 3 aliphatic heterocycles. The Balaban J connectivity index is 1.54. The van der Waals surface area contributed by atoms with Gasteiger partial charge in [-0.2, -0.15) is 0 Å². The van der Waals surface area contributed by atoms with Gasteiger partial charge in [0.15, 0.2) is 0 Å². The van der Waals surface area contributed by atoms with Crippen molar-refractivity contribution in [2.45, 2.75) is 153 Å². The summed E-state index contributed by atoms with van der Waals surface area (Å²) < 4.78 is 29.9. The number of nitrogens with zero attached hydrogens (tertiary/aromatic N) is 1. The van der Waals surface area contributed by atoms with E-state index in [1.807, 2.05) is 39.0 Å². The first-order valence-electron chi connectivity index (χ1n) is 21.0. The van der Waals surface area contributed by atoms with Crippen LogP contribution in [0.2, 0.25) is 0 Å². The molecule has 2 saturated carbocycles. The van der Waals surface area contributed by atoms with Crippen LogP contribution in [0.15, 0.2) is 35.5 Å². The second kappa shape index (κ2) is 19.5. The summed E-state index contributed by atoms with van der Waals surface area (Å²) in [6.45, 7) is 9.51. The zero-order valence-corrected chi connectivity index (χ0v) is 35.1. The molecule has 0 aromatic heterocycles. The Hall–Kier alpha value is -2.78. The number of hydrogen-bond acceptors (Lipinski definition) is 12. The van der Waals surface area contributed by atoms with E-state index in [4.69, 9.17) is 23.7 Å². The SMILES string of the molecule is CC[C@@H]1/C=C(\C)C[C@H](C)C[C@H](OC)[C@H]2O[C@@](O)(C(=O)C(=O)N3CCC=CC[C@H]3C(=O)O[C@H](/C(C)=C/C3CC[C@@H](O)[C@H](OC)C3)[C@@H]3C(O)[C@@H]3CC1=O)[C@H](C)C[C@@H]2OC. The minimum Gasteiger partial charge on any atom is -0.456 e. The van der Waals surface area contributed by atoms with E-state index in [2.05, 4.69) is 6.92 Å². The molecule has 15 atom stereocenters. The minimum atomic E-state index is -2.52. The molecule has 57 heavy (non-hydrogen) atoms. The summed E-state index contributed by atoms with van der Waals surface area (Å²) >= 11 is 0. The highest BCUT2D eigenvalue weighted by Gasteiger charge is 2.58. The van der Waals surface area contributed by atoms with Gasteiger partial charge in [-0.1, -0.05) is 50.6 Å². The van der Waals surface area contributed by atoms with E-state index in [1.165, 1.54) is 19.1 Å². The van der Waals surface area contributed by atoms with Crippen molar-refractivity contribution in [2.24, 2.45) is 35.5 Å². The van der Waals surface area contributed by atoms with Crippen LogP contribution in [0.5, 0.6) is 0 Å². The van der Waals surface area contributed by atoms with Gasteiger partial charge in [0, 0.05) is 58.0 Å². The first-order valence-corrected chi connectivity index (χ1v) is 21.0. The topological polar surface area (TPSA) is 178 Å². The van der Waals surface area contributed by atoms with E-state index in [0.29, 0.717) is 50.5 Å². The van der Waals surface area contributed by atoms with Crippen LogP contribution in [0.3, 0.4) is 0 Å². The maximum atomic E-state index is 14.4. The molecule has 1 amide bonds. The number of Topliss-reactive ketones (excluding diaryl/α,β-unsaturated/α-hetero) is 2. The van der Waals surface area contributed by atoms with E-state index in [1.54, 1.807) is 20.1 Å². The molecule has 3 fully saturated rings. The van der Waals surface area contributed by atoms with E-state index in [9.17, 15) is 34.5 Å². The number of ether oxygens (including phenoxy) is 5. The van der Waals surface area contributed by atoms with Crippen molar-refractivity contribution in [1.82, 2.24) is 4.90 Å². The molecule has 3 N–H and O–H groups in total. The van der Waals surface area contributed by atoms with Crippen molar-refractivity contribution in [3.63, 3.8) is 0 Å². The molecule has 1 saturated heterocycles. The van der Waals surface area contributed by atoms with E-state index in [0.717, 1.165) is 5.57 Å². The molecule has 0 radical (unpaired) electrons. The summed E-state index contributed by atoms with van der Waals surface area (Å²) in [7, 11) is 4.64. The van der Waals surface area contributed by atoms with Gasteiger partial charge in [-0.3, -0.25) is 14.4 Å². The van der Waals surface area contributed by atoms with E-state index < -0.39 is 83.9 Å². The predicted octanol–water partition coefficient (Wildman–Crippen LogP) is 4.25. The number of esters is 1. The van der Waals surface area contributed by atoms with Crippen molar-refractivity contribution >= 4 is 23.4 Å². The fourth-order valence-corrected chi connectivity index (χ4v) is 9.82. The molecule has 2 bridgehead atoms. The van der Waals surface area contributed by atoms with Gasteiger partial charge in [-0.05, 0) is 89.0 Å². The number of methoxy groups -OCH3 is 3. The Labute approximate surface area is 338 Å². The lowest BCUT2D eigenvalue weighted by Gasteiger charge is -2.46. The van der Waals surface area contributed by atoms with Crippen LogP contribution in [0.1, 0.15) is 98.8 Å². The van der Waals surface area contributed by atoms with Gasteiger partial charge in [-0.25, -0.2) is 4.79 Å². The fourth-order valence-electron chi connectivity index (χ4n) is 9.82. The van der Waals surface area contributed by atoms with Crippen LogP contribution in [-0.4, -0.2) is 126 Å². The molecule has 5 aliphatic rings. The third kappa shape index (κ3) is 10.2. The maximum absolute atomic E-state index is 14.4. The van der Waals surface area contributed by atoms with Gasteiger partial charge in [0.05, 0.1) is 30.5 Å². The zero-order valence-electron chi connectivity index (χ0n) is 35.1. The number of hydrogen-bond donors (Lipinski definition) is 3. The highest BCUT2D eigenvalue weighted by molar-refractivity contribution is 6.39. The van der Waals surface area contributed by atoms with Crippen molar-refractivity contribution in [2.75, 3.05) is 27.9 Å². The molecule has 0 aromatic carbocycles. The number of cyclic esters (lactones) is 1. The number of carbonyl (C=O) groups excluding carboxylic acids is 4. The average molecular weight is 802 g/mol. The first-order chi connectivity index (χ1) is 27.1. The Bertz CT molecular complexity index is 1540. The molecule has 2 unspecified atom stereocenters. The Morgan fingerprint density at radius 2 is 1.65 bits per heavy atom. The summed E-state index contributed by atoms with van der Waals surface area (Å²) in [6.07, 6.45) is 7.07. The first kappa shape index (κ1) is 45.3. The summed E-state index contributed by atoms with van der Waals surface area (Å²) in [5.41, 5.74) is 1.71. The van der Waals surface area contributed by atoms with Crippen molar-refractivity contribution in [3.05, 3.63) is 35.5 Å². The molecule has 0 aromatic rings. The third-order valence-corrected chi connectivity index (χ3v) is 13.3. The Morgan fingerprint density at radius 1 is 0.965 bits per heavy atom. The van der Waals surface area contributed by atoms with Crippen LogP contribution in [-0.2, 0) is 42.9 Å². The molecule has 3 heterocycles. The third-order valence-electron chi connectivity index (χ3n) is 13.3. The Morgan fingerprint density at radius 3 is 2.32 bits per heavy atom. The summed E-state index contributed by atoms with van der Waals surface area (Å²) in [6, 6.07) is -1.21. The van der Waals surface area contributed by atoms with Gasteiger partial charge in [0.2, 0.25) is 5.79 Å². The second-order valence-electron chi connectivity index (χ2n) is 17.5. The van der Waals surface area contributed by atoms with Crippen LogP contribution in [0, 0.1) is 35.5 Å². The van der Waals surface area contributed by atoms with Gasteiger partial charge in [0.25, 0.3) is 11.7 Å². The molecule has 2 aliphatic carbocycles. The van der Waals surface area contributed by atoms with Gasteiger partial charge < -0.3 is 43.9 Å². The van der Waals surface area contributed by atoms with Crippen LogP contribution < -0.4 is 0 Å². The second-order valence-corrected chi connectivity index (χ2v) is 17.5. The number of carbonyl (C=O) groups is 4. The van der Waals surface area contributed by atoms with E-state index >= 15 is 0 Å². The lowest BCUT2D eigenvalue weighted by Crippen LogP contribution is -2.64. The van der Waals surface area contributed by atoms with Gasteiger partial charge in [-0.15, -0.1) is 0 Å². The largest absolute Gasteiger partial charge is 0.456 e. The molecular weight excluding hydrogens is 734 g/mol. The number of ketones is 2. The van der Waals surface area contributed by atoms with Crippen LogP contribution >= 0.6 is 0 Å². The normalized spacial score (nSPS) is 42.8. The lowest BCUT2D eigenvalue weighted by molar-refractivity contribution is -0.302. The Kier molecular flexibility index (Phi) is 15.5. The average Bonchev–Trinajstić information content (AvgIpc) is 3.89. The molecule has 5 rings (SSSR count). The van der Waals surface area contributed by atoms with Crippen LogP contribution in [0.4, 0.5) is 0 Å². The molecular formula is C44H67NO12. The maximum Gasteiger partial charge on any atom is 0.329 e. The highest BCUT2D eigenvalue weighted by Crippen LogP contribution is 2.49. The predicted molar refractivity (Wildman–Crippen MR) is 210 cm³/mol. The summed E-state index contributed by atoms with van der Waals surface area (Å²) in [4.78, 5) is 58.1. The number of rotatable bonds is 6. The molecule has 320 valence electrons. The highest BCUT2D eigenvalue weighted by atomic mass is 16.7. The smallest absolute Gasteiger partial charge is 0.329 e. The fraction of sp³-hybridized carbons (Fsp3) is 0.773. The monoisotopic (exact) mass is 801 g/mol. The number of aliphatic hydroxyl groups excluding tert-OH is 2. The van der Waals surface area contributed by atoms with Gasteiger partial charge in [0.1, 0.15) is 24.0 Å². The molecule has 13 heteroatoms. The number of allylic oxidation sites excluding steroid dienone is 3. The lowest BCUT2D eigenvalue weighted by atomic mass is 9.82. The number of amides is 1. The molecule has 13 nitrogen and oxygen atoms in total. The summed E-state index contributed by atoms with van der Waals surface area (Å²) in [5.74, 6) is -7.68. The molecule has 0 spiro atoms. The standard InChI is InChI=1S/C44H67NO12/c1-9-29-18-24(2)17-25(3)19-35(54-7)40-36(55-8)21-27(5)44(52,57-40)41(49)42(50)45-16-12-10-11-13-31(45)43(51)56-39(37-30(38(37)48)23-33(29)47)26(4)20-28-14-15-32(46)34(22-28)53-6/h10-11,18,20,25,27-32,34-40,46,48,52H,9,12-17,19,21-23H2,1-8H3/b24-18+,26-20+/t25-,27+,28?,29+,30+,31-,32+,34+,35-,36-,37-,38?,39+,40+,44+/m0/s1. The number of aliphatic hydroxyl groups is 3. The van der Waals surface area contributed by atoms with Crippen LogP contribution in [0.25, 0.3) is 0 Å².